The lowest BCUT2D eigenvalue weighted by molar-refractivity contribution is -0.141. The molecule has 2 amide bonds. The molecular weight excluding hydrogens is 324 g/mol. The molecule has 2 unspecified atom stereocenters. The second kappa shape index (κ2) is 8.20. The number of nitrogens with one attached hydrogen (secondary N) is 1. The Balaban J connectivity index is 1.57. The Kier molecular flexibility index (Phi) is 5.75. The van der Waals surface area contributed by atoms with E-state index in [0.29, 0.717) is 31.0 Å². The normalized spacial score (nSPS) is 23.3. The molecule has 2 aliphatic rings. The minimum atomic E-state index is -0.855. The van der Waals surface area contributed by atoms with E-state index in [1.54, 1.807) is 6.07 Å². The fourth-order valence-corrected chi connectivity index (χ4v) is 3.16. The lowest BCUT2D eigenvalue weighted by atomic mass is 10.1. The Bertz CT molecular complexity index is 615. The van der Waals surface area contributed by atoms with Crippen LogP contribution in [-0.4, -0.2) is 54.4 Å². The fourth-order valence-electron chi connectivity index (χ4n) is 3.16. The molecule has 2 fully saturated rings. The average Bonchev–Trinajstić information content (AvgIpc) is 3.12. The van der Waals surface area contributed by atoms with Crippen LogP contribution in [-0.2, 0) is 9.53 Å². The molecule has 0 aromatic heterocycles. The van der Waals surface area contributed by atoms with Gasteiger partial charge in [-0.3, -0.25) is 4.79 Å². The molecule has 3 rings (SSSR count). The second-order valence-electron chi connectivity index (χ2n) is 6.50. The molecule has 25 heavy (non-hydrogen) atoms. The number of likely N-dealkylation sites (tertiary alicyclic amines) is 1. The van der Waals surface area contributed by atoms with E-state index < -0.39 is 11.9 Å². The predicted octanol–water partition coefficient (Wildman–Crippen LogP) is 2.57. The first-order chi connectivity index (χ1) is 12.1. The SMILES string of the molecule is O=C(O)C1CCN(C(=O)Nc2ccccc2OCC2CCCCO2)C1. The summed E-state index contributed by atoms with van der Waals surface area (Å²) >= 11 is 0. The van der Waals surface area contributed by atoms with Gasteiger partial charge >= 0.3 is 12.0 Å². The van der Waals surface area contributed by atoms with Crippen LogP contribution < -0.4 is 10.1 Å². The minimum Gasteiger partial charge on any atom is -0.489 e. The van der Waals surface area contributed by atoms with Gasteiger partial charge in [0.05, 0.1) is 17.7 Å². The number of carbonyl (C=O) groups excluding carboxylic acids is 1. The maximum Gasteiger partial charge on any atom is 0.321 e. The number of aliphatic carboxylic acids is 1. The Morgan fingerprint density at radius 2 is 2.12 bits per heavy atom. The van der Waals surface area contributed by atoms with E-state index >= 15 is 0 Å². The fraction of sp³-hybridized carbons (Fsp3) is 0.556. The molecule has 7 heteroatoms. The minimum absolute atomic E-state index is 0.0902. The third-order valence-corrected chi connectivity index (χ3v) is 4.65. The van der Waals surface area contributed by atoms with Crippen LogP contribution in [0.25, 0.3) is 0 Å². The van der Waals surface area contributed by atoms with Gasteiger partial charge in [0.25, 0.3) is 0 Å². The van der Waals surface area contributed by atoms with Gasteiger partial charge in [-0.15, -0.1) is 0 Å². The van der Waals surface area contributed by atoms with Gasteiger partial charge < -0.3 is 24.8 Å². The Hall–Kier alpha value is -2.28. The molecule has 0 spiro atoms. The number of carboxylic acids is 1. The Morgan fingerprint density at radius 1 is 1.28 bits per heavy atom. The van der Waals surface area contributed by atoms with Crippen molar-refractivity contribution in [3.63, 3.8) is 0 Å². The van der Waals surface area contributed by atoms with Crippen molar-refractivity contribution in [1.29, 1.82) is 0 Å². The molecule has 1 aromatic rings. The average molecular weight is 348 g/mol. The van der Waals surface area contributed by atoms with Crippen LogP contribution in [0.5, 0.6) is 5.75 Å². The highest BCUT2D eigenvalue weighted by molar-refractivity contribution is 5.91. The van der Waals surface area contributed by atoms with Crippen LogP contribution in [0, 0.1) is 5.92 Å². The van der Waals surface area contributed by atoms with Crippen LogP contribution in [0.15, 0.2) is 24.3 Å². The smallest absolute Gasteiger partial charge is 0.321 e. The number of amides is 2. The summed E-state index contributed by atoms with van der Waals surface area (Å²) in [6.45, 7) is 1.91. The number of rotatable bonds is 5. The Morgan fingerprint density at radius 3 is 2.84 bits per heavy atom. The van der Waals surface area contributed by atoms with E-state index in [-0.39, 0.29) is 18.7 Å². The highest BCUT2D eigenvalue weighted by Gasteiger charge is 2.31. The molecule has 136 valence electrons. The standard InChI is InChI=1S/C18H24N2O5/c21-17(22)13-8-9-20(11-13)18(23)19-15-6-1-2-7-16(15)25-12-14-5-3-4-10-24-14/h1-2,6-7,13-14H,3-5,8-12H2,(H,19,23)(H,21,22). The highest BCUT2D eigenvalue weighted by atomic mass is 16.5. The van der Waals surface area contributed by atoms with Gasteiger partial charge in [0.1, 0.15) is 12.4 Å². The molecular formula is C18H24N2O5. The summed E-state index contributed by atoms with van der Waals surface area (Å²) in [6.07, 6.45) is 3.80. The van der Waals surface area contributed by atoms with Gasteiger partial charge in [0.15, 0.2) is 0 Å². The van der Waals surface area contributed by atoms with Gasteiger partial charge in [-0.2, -0.15) is 0 Å². The predicted molar refractivity (Wildman–Crippen MR) is 91.9 cm³/mol. The molecule has 0 saturated carbocycles. The zero-order chi connectivity index (χ0) is 17.6. The molecule has 2 N–H and O–H groups in total. The maximum atomic E-state index is 12.4. The summed E-state index contributed by atoms with van der Waals surface area (Å²) in [5.74, 6) is -0.744. The van der Waals surface area contributed by atoms with E-state index in [0.717, 1.165) is 25.9 Å². The number of hydrogen-bond acceptors (Lipinski definition) is 4. The van der Waals surface area contributed by atoms with E-state index in [9.17, 15) is 9.59 Å². The zero-order valence-electron chi connectivity index (χ0n) is 14.1. The number of para-hydroxylation sites is 2. The third kappa shape index (κ3) is 4.63. The molecule has 2 atom stereocenters. The molecule has 7 nitrogen and oxygen atoms in total. The number of nitrogens with zero attached hydrogens (tertiary/aromatic N) is 1. The summed E-state index contributed by atoms with van der Waals surface area (Å²) in [5.41, 5.74) is 0.585. The maximum absolute atomic E-state index is 12.4. The molecule has 0 radical (unpaired) electrons. The number of ether oxygens (including phenoxy) is 2. The van der Waals surface area contributed by atoms with Crippen LogP contribution in [0.1, 0.15) is 25.7 Å². The quantitative estimate of drug-likeness (QED) is 0.854. The van der Waals surface area contributed by atoms with Gasteiger partial charge in [-0.25, -0.2) is 4.79 Å². The van der Waals surface area contributed by atoms with Crippen LogP contribution in [0.3, 0.4) is 0 Å². The second-order valence-corrected chi connectivity index (χ2v) is 6.50. The van der Waals surface area contributed by atoms with E-state index in [4.69, 9.17) is 14.6 Å². The van der Waals surface area contributed by atoms with E-state index in [1.165, 1.54) is 4.90 Å². The van der Waals surface area contributed by atoms with Gasteiger partial charge in [-0.1, -0.05) is 12.1 Å². The first-order valence-electron chi connectivity index (χ1n) is 8.75. The van der Waals surface area contributed by atoms with Crippen molar-refractivity contribution < 1.29 is 24.2 Å². The largest absolute Gasteiger partial charge is 0.489 e. The van der Waals surface area contributed by atoms with E-state index in [1.807, 2.05) is 18.2 Å². The van der Waals surface area contributed by atoms with Crippen LogP contribution in [0.2, 0.25) is 0 Å². The highest BCUT2D eigenvalue weighted by Crippen LogP contribution is 2.26. The monoisotopic (exact) mass is 348 g/mol. The number of carboxylic acid groups (broad SMARTS) is 1. The van der Waals surface area contributed by atoms with E-state index in [2.05, 4.69) is 5.32 Å². The summed E-state index contributed by atoms with van der Waals surface area (Å²) < 4.78 is 11.5. The topological polar surface area (TPSA) is 88.1 Å². The van der Waals surface area contributed by atoms with Crippen molar-refractivity contribution in [2.45, 2.75) is 31.8 Å². The number of benzene rings is 1. The van der Waals surface area contributed by atoms with Crippen molar-refractivity contribution in [2.75, 3.05) is 31.6 Å². The number of carbonyl (C=O) groups is 2. The van der Waals surface area contributed by atoms with Gasteiger partial charge in [0, 0.05) is 19.7 Å². The van der Waals surface area contributed by atoms with Crippen molar-refractivity contribution in [1.82, 2.24) is 4.90 Å². The molecule has 2 aliphatic heterocycles. The number of urea groups is 1. The summed E-state index contributed by atoms with van der Waals surface area (Å²) in [6, 6.07) is 6.96. The summed E-state index contributed by atoms with van der Waals surface area (Å²) in [4.78, 5) is 24.9. The summed E-state index contributed by atoms with van der Waals surface area (Å²) in [7, 11) is 0. The Labute approximate surface area is 146 Å². The van der Waals surface area contributed by atoms with Crippen molar-refractivity contribution in [3.05, 3.63) is 24.3 Å². The van der Waals surface area contributed by atoms with Gasteiger partial charge in [-0.05, 0) is 37.8 Å². The molecule has 0 aliphatic carbocycles. The number of anilines is 1. The molecule has 2 heterocycles. The van der Waals surface area contributed by atoms with Gasteiger partial charge in [0.2, 0.25) is 0 Å². The first kappa shape index (κ1) is 17.5. The first-order valence-corrected chi connectivity index (χ1v) is 8.75. The molecule has 1 aromatic carbocycles. The lowest BCUT2D eigenvalue weighted by Gasteiger charge is -2.23. The van der Waals surface area contributed by atoms with Crippen LogP contribution >= 0.6 is 0 Å². The summed E-state index contributed by atoms with van der Waals surface area (Å²) in [5, 5.41) is 11.9. The lowest BCUT2D eigenvalue weighted by Crippen LogP contribution is -2.34. The zero-order valence-corrected chi connectivity index (χ0v) is 14.1. The third-order valence-electron chi connectivity index (χ3n) is 4.65. The van der Waals surface area contributed by atoms with Crippen LogP contribution in [0.4, 0.5) is 10.5 Å². The molecule has 2 saturated heterocycles. The van der Waals surface area contributed by atoms with Crippen molar-refractivity contribution in [2.24, 2.45) is 5.92 Å². The van der Waals surface area contributed by atoms with Crippen molar-refractivity contribution >= 4 is 17.7 Å². The van der Waals surface area contributed by atoms with Crippen molar-refractivity contribution in [3.8, 4) is 5.75 Å². The molecule has 0 bridgehead atoms. The number of hydrogen-bond donors (Lipinski definition) is 2.